The lowest BCUT2D eigenvalue weighted by molar-refractivity contribution is -0.121. The van der Waals surface area contributed by atoms with Crippen LogP contribution < -0.4 is 10.6 Å². The summed E-state index contributed by atoms with van der Waals surface area (Å²) >= 11 is 0. The average Bonchev–Trinajstić information content (AvgIpc) is 2.53. The fourth-order valence-corrected chi connectivity index (χ4v) is 2.39. The van der Waals surface area contributed by atoms with Crippen LogP contribution >= 0.6 is 0 Å². The normalized spacial score (nSPS) is 11.6. The van der Waals surface area contributed by atoms with Crippen LogP contribution in [0.1, 0.15) is 37.4 Å². The standard InChI is InChI=1S/C19H22N2O2/c1-14(17-9-6-10-18(13-17)21-15(2)22)20-19(23)12-11-16-7-4-3-5-8-16/h3-10,13-14H,11-12H2,1-2H3,(H,20,23)(H,21,22)/t14-/m1/s1. The maximum atomic E-state index is 12.1. The predicted octanol–water partition coefficient (Wildman–Crippen LogP) is 3.46. The molecule has 4 nitrogen and oxygen atoms in total. The Bertz CT molecular complexity index is 668. The summed E-state index contributed by atoms with van der Waals surface area (Å²) in [6.07, 6.45) is 1.19. The molecule has 0 spiro atoms. The van der Waals surface area contributed by atoms with E-state index in [1.165, 1.54) is 6.92 Å². The van der Waals surface area contributed by atoms with Crippen LogP contribution in [0.3, 0.4) is 0 Å². The first kappa shape index (κ1) is 16.7. The van der Waals surface area contributed by atoms with Crippen molar-refractivity contribution in [1.29, 1.82) is 0 Å². The van der Waals surface area contributed by atoms with Crippen LogP contribution in [0.2, 0.25) is 0 Å². The van der Waals surface area contributed by atoms with Crippen molar-refractivity contribution in [2.75, 3.05) is 5.32 Å². The van der Waals surface area contributed by atoms with E-state index in [1.807, 2.05) is 61.5 Å². The minimum absolute atomic E-state index is 0.0197. The molecule has 2 aromatic rings. The lowest BCUT2D eigenvalue weighted by atomic mass is 10.1. The number of rotatable bonds is 6. The highest BCUT2D eigenvalue weighted by Gasteiger charge is 2.10. The zero-order chi connectivity index (χ0) is 16.7. The summed E-state index contributed by atoms with van der Waals surface area (Å²) in [7, 11) is 0. The van der Waals surface area contributed by atoms with Gasteiger partial charge in [0.1, 0.15) is 0 Å². The Balaban J connectivity index is 1.89. The van der Waals surface area contributed by atoms with Crippen molar-refractivity contribution in [3.05, 3.63) is 65.7 Å². The molecule has 0 aliphatic heterocycles. The van der Waals surface area contributed by atoms with Crippen LogP contribution in [0, 0.1) is 0 Å². The van der Waals surface area contributed by atoms with Gasteiger partial charge >= 0.3 is 0 Å². The van der Waals surface area contributed by atoms with Crippen LogP contribution in [-0.4, -0.2) is 11.8 Å². The number of carbonyl (C=O) groups excluding carboxylic acids is 2. The molecule has 4 heteroatoms. The monoisotopic (exact) mass is 310 g/mol. The van der Waals surface area contributed by atoms with E-state index in [1.54, 1.807) is 0 Å². The molecule has 0 fully saturated rings. The van der Waals surface area contributed by atoms with Crippen molar-refractivity contribution >= 4 is 17.5 Å². The molecule has 0 aliphatic rings. The Morgan fingerprint density at radius 1 is 1.04 bits per heavy atom. The molecular weight excluding hydrogens is 288 g/mol. The van der Waals surface area contributed by atoms with Gasteiger partial charge in [-0.3, -0.25) is 9.59 Å². The second-order valence-electron chi connectivity index (χ2n) is 5.58. The Kier molecular flexibility index (Phi) is 5.92. The molecule has 2 amide bonds. The molecule has 120 valence electrons. The first-order valence-corrected chi connectivity index (χ1v) is 7.75. The molecule has 0 saturated heterocycles. The zero-order valence-electron chi connectivity index (χ0n) is 13.5. The van der Waals surface area contributed by atoms with E-state index in [0.717, 1.165) is 23.2 Å². The Hall–Kier alpha value is -2.62. The maximum absolute atomic E-state index is 12.1. The number of nitrogens with one attached hydrogen (secondary N) is 2. The fraction of sp³-hybridized carbons (Fsp3) is 0.263. The van der Waals surface area contributed by atoms with Gasteiger partial charge in [0.2, 0.25) is 11.8 Å². The van der Waals surface area contributed by atoms with Crippen molar-refractivity contribution < 1.29 is 9.59 Å². The quantitative estimate of drug-likeness (QED) is 0.858. The molecule has 0 saturated carbocycles. The smallest absolute Gasteiger partial charge is 0.221 e. The van der Waals surface area contributed by atoms with Gasteiger partial charge in [-0.25, -0.2) is 0 Å². The third kappa shape index (κ3) is 5.58. The summed E-state index contributed by atoms with van der Waals surface area (Å²) in [4.78, 5) is 23.2. The van der Waals surface area contributed by atoms with Gasteiger partial charge in [-0.15, -0.1) is 0 Å². The maximum Gasteiger partial charge on any atom is 0.221 e. The van der Waals surface area contributed by atoms with Gasteiger partial charge < -0.3 is 10.6 Å². The van der Waals surface area contributed by atoms with E-state index in [4.69, 9.17) is 0 Å². The summed E-state index contributed by atoms with van der Waals surface area (Å²) in [5.74, 6) is -0.0898. The van der Waals surface area contributed by atoms with E-state index in [0.29, 0.717) is 6.42 Å². The molecular formula is C19H22N2O2. The van der Waals surface area contributed by atoms with E-state index < -0.39 is 0 Å². The van der Waals surface area contributed by atoms with Crippen LogP contribution in [0.5, 0.6) is 0 Å². The van der Waals surface area contributed by atoms with Crippen molar-refractivity contribution in [3.63, 3.8) is 0 Å². The number of benzene rings is 2. The fourth-order valence-electron chi connectivity index (χ4n) is 2.39. The summed E-state index contributed by atoms with van der Waals surface area (Å²) in [6, 6.07) is 17.4. The lowest BCUT2D eigenvalue weighted by Gasteiger charge is -2.15. The van der Waals surface area contributed by atoms with E-state index in [-0.39, 0.29) is 17.9 Å². The molecule has 2 rings (SSSR count). The van der Waals surface area contributed by atoms with E-state index >= 15 is 0 Å². The highest BCUT2D eigenvalue weighted by atomic mass is 16.2. The van der Waals surface area contributed by atoms with E-state index in [2.05, 4.69) is 10.6 Å². The molecule has 2 N–H and O–H groups in total. The second-order valence-corrected chi connectivity index (χ2v) is 5.58. The first-order valence-electron chi connectivity index (χ1n) is 7.75. The van der Waals surface area contributed by atoms with Crippen LogP contribution in [0.15, 0.2) is 54.6 Å². The summed E-state index contributed by atoms with van der Waals surface area (Å²) < 4.78 is 0. The number of anilines is 1. The van der Waals surface area contributed by atoms with Gasteiger partial charge in [0.15, 0.2) is 0 Å². The molecule has 23 heavy (non-hydrogen) atoms. The van der Waals surface area contributed by atoms with Gasteiger partial charge in [-0.1, -0.05) is 42.5 Å². The van der Waals surface area contributed by atoms with Gasteiger partial charge in [0, 0.05) is 19.0 Å². The highest BCUT2D eigenvalue weighted by Crippen LogP contribution is 2.17. The second kappa shape index (κ2) is 8.13. The largest absolute Gasteiger partial charge is 0.350 e. The van der Waals surface area contributed by atoms with Gasteiger partial charge in [-0.2, -0.15) is 0 Å². The van der Waals surface area contributed by atoms with Crippen molar-refractivity contribution in [1.82, 2.24) is 5.32 Å². The van der Waals surface area contributed by atoms with E-state index in [9.17, 15) is 9.59 Å². The molecule has 0 radical (unpaired) electrons. The van der Waals surface area contributed by atoms with Crippen LogP contribution in [-0.2, 0) is 16.0 Å². The molecule has 0 bridgehead atoms. The first-order chi connectivity index (χ1) is 11.0. The van der Waals surface area contributed by atoms with Crippen molar-refractivity contribution in [2.24, 2.45) is 0 Å². The van der Waals surface area contributed by atoms with Gasteiger partial charge in [0.05, 0.1) is 6.04 Å². The van der Waals surface area contributed by atoms with Gasteiger partial charge in [0.25, 0.3) is 0 Å². The summed E-state index contributed by atoms with van der Waals surface area (Å²) in [5.41, 5.74) is 2.85. The van der Waals surface area contributed by atoms with Gasteiger partial charge in [-0.05, 0) is 36.6 Å². The Morgan fingerprint density at radius 3 is 2.48 bits per heavy atom. The molecule has 0 aromatic heterocycles. The summed E-state index contributed by atoms with van der Waals surface area (Å²) in [5, 5.41) is 5.74. The van der Waals surface area contributed by atoms with Crippen molar-refractivity contribution in [2.45, 2.75) is 32.7 Å². The number of hydrogen-bond acceptors (Lipinski definition) is 2. The third-order valence-corrected chi connectivity index (χ3v) is 3.57. The van der Waals surface area contributed by atoms with Crippen LogP contribution in [0.4, 0.5) is 5.69 Å². The topological polar surface area (TPSA) is 58.2 Å². The number of amides is 2. The predicted molar refractivity (Wildman–Crippen MR) is 92.1 cm³/mol. The Morgan fingerprint density at radius 2 is 1.78 bits per heavy atom. The summed E-state index contributed by atoms with van der Waals surface area (Å²) in [6.45, 7) is 3.41. The van der Waals surface area contributed by atoms with Crippen LogP contribution in [0.25, 0.3) is 0 Å². The molecule has 1 atom stereocenters. The zero-order valence-corrected chi connectivity index (χ0v) is 13.5. The average molecular weight is 310 g/mol. The SMILES string of the molecule is CC(=O)Nc1cccc([C@@H](C)NC(=O)CCc2ccccc2)c1. The molecule has 0 heterocycles. The third-order valence-electron chi connectivity index (χ3n) is 3.57. The molecule has 0 unspecified atom stereocenters. The number of carbonyl (C=O) groups is 2. The Labute approximate surface area is 136 Å². The number of aryl methyl sites for hydroxylation is 1. The minimum Gasteiger partial charge on any atom is -0.350 e. The molecule has 2 aromatic carbocycles. The molecule has 0 aliphatic carbocycles. The highest BCUT2D eigenvalue weighted by molar-refractivity contribution is 5.88. The van der Waals surface area contributed by atoms with Crippen molar-refractivity contribution in [3.8, 4) is 0 Å². The minimum atomic E-state index is -0.110. The lowest BCUT2D eigenvalue weighted by Crippen LogP contribution is -2.26. The number of hydrogen-bond donors (Lipinski definition) is 2.